The molecular weight excluding hydrogens is 252 g/mol. The number of hydrogen-bond donors (Lipinski definition) is 3. The lowest BCUT2D eigenvalue weighted by atomic mass is 10.1. The monoisotopic (exact) mass is 268 g/mol. The summed E-state index contributed by atoms with van der Waals surface area (Å²) in [5, 5.41) is 11.8. The van der Waals surface area contributed by atoms with E-state index in [1.54, 1.807) is 0 Å². The number of primary amides is 1. The smallest absolute Gasteiger partial charge is 0.326 e. The molecule has 1 amide bonds. The van der Waals surface area contributed by atoms with Gasteiger partial charge in [0.15, 0.2) is 11.5 Å². The highest BCUT2D eigenvalue weighted by molar-refractivity contribution is 5.95. The van der Waals surface area contributed by atoms with E-state index in [0.29, 0.717) is 19.4 Å². The summed E-state index contributed by atoms with van der Waals surface area (Å²) in [5.74, 6) is -1.74. The number of nitrogens with two attached hydrogens (primary N) is 1. The predicted octanol–water partition coefficient (Wildman–Crippen LogP) is -0.133. The molecule has 0 aromatic carbocycles. The highest BCUT2D eigenvalue weighted by atomic mass is 16.5. The Bertz CT molecular complexity index is 452. The van der Waals surface area contributed by atoms with Crippen LogP contribution in [0.25, 0.3) is 0 Å². The van der Waals surface area contributed by atoms with Crippen LogP contribution in [0.15, 0.2) is 12.4 Å². The third kappa shape index (κ3) is 4.51. The molecule has 1 aromatic heterocycles. The number of carboxylic acids is 1. The molecule has 1 aromatic rings. The summed E-state index contributed by atoms with van der Waals surface area (Å²) in [5.41, 5.74) is 5.06. The number of carboxylic acid groups (broad SMARTS) is 1. The first-order valence-corrected chi connectivity index (χ1v) is 5.65. The summed E-state index contributed by atoms with van der Waals surface area (Å²) < 4.78 is 4.86. The van der Waals surface area contributed by atoms with Gasteiger partial charge in [-0.1, -0.05) is 0 Å². The van der Waals surface area contributed by atoms with E-state index in [2.05, 4.69) is 15.3 Å². The Morgan fingerprint density at radius 1 is 1.47 bits per heavy atom. The Balaban J connectivity index is 2.79. The molecule has 1 unspecified atom stereocenters. The third-order valence-corrected chi connectivity index (χ3v) is 2.38. The van der Waals surface area contributed by atoms with Gasteiger partial charge in [-0.05, 0) is 12.8 Å². The van der Waals surface area contributed by atoms with Crippen molar-refractivity contribution in [3.63, 3.8) is 0 Å². The van der Waals surface area contributed by atoms with Gasteiger partial charge in [0.1, 0.15) is 6.04 Å². The van der Waals surface area contributed by atoms with Gasteiger partial charge in [-0.3, -0.25) is 4.79 Å². The summed E-state index contributed by atoms with van der Waals surface area (Å²) >= 11 is 0. The zero-order valence-corrected chi connectivity index (χ0v) is 10.5. The number of carbonyl (C=O) groups excluding carboxylic acids is 1. The van der Waals surface area contributed by atoms with Crippen molar-refractivity contribution in [3.8, 4) is 0 Å². The first-order valence-electron chi connectivity index (χ1n) is 5.65. The number of methoxy groups -OCH3 is 1. The first-order chi connectivity index (χ1) is 9.06. The van der Waals surface area contributed by atoms with Crippen molar-refractivity contribution >= 4 is 17.7 Å². The number of aromatic nitrogens is 2. The van der Waals surface area contributed by atoms with Crippen molar-refractivity contribution in [1.82, 2.24) is 9.97 Å². The van der Waals surface area contributed by atoms with Crippen LogP contribution in [0, 0.1) is 0 Å². The molecule has 1 heterocycles. The van der Waals surface area contributed by atoms with Crippen molar-refractivity contribution in [1.29, 1.82) is 0 Å². The summed E-state index contributed by atoms with van der Waals surface area (Å²) in [6.45, 7) is 0.453. The molecule has 8 nitrogen and oxygen atoms in total. The van der Waals surface area contributed by atoms with Crippen molar-refractivity contribution in [2.45, 2.75) is 18.9 Å². The lowest BCUT2D eigenvalue weighted by molar-refractivity contribution is -0.138. The number of amides is 1. The lowest BCUT2D eigenvalue weighted by Crippen LogP contribution is -2.31. The third-order valence-electron chi connectivity index (χ3n) is 2.38. The fourth-order valence-electron chi connectivity index (χ4n) is 1.48. The molecule has 0 aliphatic rings. The van der Waals surface area contributed by atoms with Gasteiger partial charge in [-0.15, -0.1) is 0 Å². The Hall–Kier alpha value is -2.22. The Labute approximate surface area is 110 Å². The molecule has 0 saturated heterocycles. The number of anilines is 1. The number of aliphatic carboxylic acids is 1. The van der Waals surface area contributed by atoms with Crippen LogP contribution in [0.3, 0.4) is 0 Å². The van der Waals surface area contributed by atoms with Crippen molar-refractivity contribution < 1.29 is 19.4 Å². The van der Waals surface area contributed by atoms with Gasteiger partial charge in [0.25, 0.3) is 5.91 Å². The number of carbonyl (C=O) groups is 2. The zero-order valence-electron chi connectivity index (χ0n) is 10.5. The molecule has 0 radical (unpaired) electrons. The lowest BCUT2D eigenvalue weighted by Gasteiger charge is -2.15. The number of hydrogen-bond acceptors (Lipinski definition) is 6. The molecule has 0 saturated carbocycles. The molecule has 4 N–H and O–H groups in total. The van der Waals surface area contributed by atoms with E-state index in [0.717, 1.165) is 0 Å². The quantitative estimate of drug-likeness (QED) is 0.560. The summed E-state index contributed by atoms with van der Waals surface area (Å²) in [6.07, 6.45) is 3.55. The van der Waals surface area contributed by atoms with Crippen LogP contribution >= 0.6 is 0 Å². The van der Waals surface area contributed by atoms with Gasteiger partial charge in [-0.2, -0.15) is 0 Å². The molecule has 0 bridgehead atoms. The second kappa shape index (κ2) is 7.27. The van der Waals surface area contributed by atoms with Crippen LogP contribution in [0.5, 0.6) is 0 Å². The number of ether oxygens (including phenoxy) is 1. The number of nitrogens with one attached hydrogen (secondary N) is 1. The maximum absolute atomic E-state index is 11.1. The fraction of sp³-hybridized carbons (Fsp3) is 0.455. The minimum absolute atomic E-state index is 0.0693. The zero-order chi connectivity index (χ0) is 14.3. The minimum atomic E-state index is -1.04. The molecule has 0 aliphatic carbocycles. The standard InChI is InChI=1S/C11H16N4O4/c1-19-6-2-3-7(11(17)18)15-10-8(9(12)16)13-4-5-14-10/h4-5,7H,2-3,6H2,1H3,(H2,12,16)(H,14,15)(H,17,18). The normalized spacial score (nSPS) is 11.8. The van der Waals surface area contributed by atoms with E-state index in [9.17, 15) is 9.59 Å². The van der Waals surface area contributed by atoms with E-state index in [-0.39, 0.29) is 11.5 Å². The fourth-order valence-corrected chi connectivity index (χ4v) is 1.48. The van der Waals surface area contributed by atoms with Gasteiger partial charge in [-0.25, -0.2) is 14.8 Å². The topological polar surface area (TPSA) is 127 Å². The van der Waals surface area contributed by atoms with E-state index in [1.165, 1.54) is 19.5 Å². The molecule has 0 spiro atoms. The molecule has 0 fully saturated rings. The van der Waals surface area contributed by atoms with Crippen LogP contribution in [0.1, 0.15) is 23.3 Å². The summed E-state index contributed by atoms with van der Waals surface area (Å²) in [6, 6.07) is -0.884. The molecular formula is C11H16N4O4. The van der Waals surface area contributed by atoms with Crippen LogP contribution < -0.4 is 11.1 Å². The second-order valence-electron chi connectivity index (χ2n) is 3.79. The largest absolute Gasteiger partial charge is 0.480 e. The molecule has 1 atom stereocenters. The molecule has 1 rings (SSSR count). The van der Waals surface area contributed by atoms with E-state index in [1.807, 2.05) is 0 Å². The van der Waals surface area contributed by atoms with Crippen LogP contribution in [-0.2, 0) is 9.53 Å². The summed E-state index contributed by atoms with van der Waals surface area (Å²) in [4.78, 5) is 29.9. The average molecular weight is 268 g/mol. The van der Waals surface area contributed by atoms with E-state index >= 15 is 0 Å². The highest BCUT2D eigenvalue weighted by Gasteiger charge is 2.20. The maximum Gasteiger partial charge on any atom is 0.326 e. The van der Waals surface area contributed by atoms with E-state index in [4.69, 9.17) is 15.6 Å². The minimum Gasteiger partial charge on any atom is -0.480 e. The average Bonchev–Trinajstić information content (AvgIpc) is 2.38. The van der Waals surface area contributed by atoms with Gasteiger partial charge < -0.3 is 20.9 Å². The maximum atomic E-state index is 11.1. The van der Waals surface area contributed by atoms with Crippen molar-refractivity contribution in [2.24, 2.45) is 5.73 Å². The van der Waals surface area contributed by atoms with Crippen LogP contribution in [0.2, 0.25) is 0 Å². The summed E-state index contributed by atoms with van der Waals surface area (Å²) in [7, 11) is 1.54. The Morgan fingerprint density at radius 3 is 2.74 bits per heavy atom. The molecule has 19 heavy (non-hydrogen) atoms. The predicted molar refractivity (Wildman–Crippen MR) is 66.7 cm³/mol. The Kier molecular flexibility index (Phi) is 5.68. The van der Waals surface area contributed by atoms with Crippen LogP contribution in [0.4, 0.5) is 5.82 Å². The van der Waals surface area contributed by atoms with E-state index < -0.39 is 17.9 Å². The molecule has 0 aliphatic heterocycles. The molecule has 104 valence electrons. The second-order valence-corrected chi connectivity index (χ2v) is 3.79. The Morgan fingerprint density at radius 2 is 2.16 bits per heavy atom. The first kappa shape index (κ1) is 14.8. The van der Waals surface area contributed by atoms with Gasteiger partial charge in [0, 0.05) is 26.1 Å². The SMILES string of the molecule is COCCCC(Nc1nccnc1C(N)=O)C(=O)O. The number of rotatable bonds is 8. The molecule has 8 heteroatoms. The highest BCUT2D eigenvalue weighted by Crippen LogP contribution is 2.11. The number of nitrogens with zero attached hydrogens (tertiary/aromatic N) is 2. The van der Waals surface area contributed by atoms with Gasteiger partial charge >= 0.3 is 5.97 Å². The van der Waals surface area contributed by atoms with Crippen molar-refractivity contribution in [2.75, 3.05) is 19.0 Å². The van der Waals surface area contributed by atoms with Crippen LogP contribution in [-0.4, -0.2) is 46.7 Å². The van der Waals surface area contributed by atoms with Gasteiger partial charge in [0.05, 0.1) is 0 Å². The van der Waals surface area contributed by atoms with Gasteiger partial charge in [0.2, 0.25) is 0 Å². The van der Waals surface area contributed by atoms with Crippen molar-refractivity contribution in [3.05, 3.63) is 18.1 Å².